The maximum atomic E-state index is 12.9. The van der Waals surface area contributed by atoms with E-state index in [1.807, 2.05) is 48.5 Å². The normalized spacial score (nSPS) is 14.5. The van der Waals surface area contributed by atoms with E-state index in [0.29, 0.717) is 24.4 Å². The van der Waals surface area contributed by atoms with Crippen molar-refractivity contribution in [3.8, 4) is 11.4 Å². The number of ether oxygens (including phenoxy) is 1. The molecule has 1 unspecified atom stereocenters. The van der Waals surface area contributed by atoms with Crippen LogP contribution >= 0.6 is 11.6 Å². The number of piperazine rings is 1. The van der Waals surface area contributed by atoms with Crippen LogP contribution in [0.5, 0.6) is 5.75 Å². The van der Waals surface area contributed by atoms with Crippen LogP contribution in [-0.2, 0) is 6.54 Å². The number of aliphatic hydroxyl groups is 1. The van der Waals surface area contributed by atoms with E-state index in [-0.39, 0.29) is 5.69 Å². The minimum atomic E-state index is -0.605. The number of nitrogens with zero attached hydrogens (tertiary/aromatic N) is 6. The van der Waals surface area contributed by atoms with Gasteiger partial charge in [-0.05, 0) is 66.9 Å². The predicted octanol–water partition coefficient (Wildman–Crippen LogP) is 3.93. The summed E-state index contributed by atoms with van der Waals surface area (Å²) in [4.78, 5) is 22.0. The van der Waals surface area contributed by atoms with Crippen molar-refractivity contribution in [2.24, 2.45) is 0 Å². The van der Waals surface area contributed by atoms with E-state index in [2.05, 4.69) is 19.9 Å². The summed E-state index contributed by atoms with van der Waals surface area (Å²) < 4.78 is 8.19. The van der Waals surface area contributed by atoms with Gasteiger partial charge in [-0.1, -0.05) is 23.7 Å². The zero-order valence-electron chi connectivity index (χ0n) is 21.3. The lowest BCUT2D eigenvalue weighted by Gasteiger charge is -2.36. The van der Waals surface area contributed by atoms with Crippen LogP contribution < -0.4 is 20.2 Å². The van der Waals surface area contributed by atoms with Gasteiger partial charge in [-0.2, -0.15) is 5.10 Å². The Labute approximate surface area is 226 Å². The molecule has 1 aliphatic rings. The lowest BCUT2D eigenvalue weighted by atomic mass is 10.1. The molecule has 5 rings (SSSR count). The zero-order valence-corrected chi connectivity index (χ0v) is 22.0. The highest BCUT2D eigenvalue weighted by Gasteiger charge is 2.19. The Hall–Kier alpha value is -3.82. The molecule has 4 aromatic rings. The fourth-order valence-corrected chi connectivity index (χ4v) is 4.78. The van der Waals surface area contributed by atoms with Crippen molar-refractivity contribution in [2.75, 3.05) is 43.1 Å². The molecule has 1 N–H and O–H groups in total. The smallest absolute Gasteiger partial charge is 0.350 e. The Bertz CT molecular complexity index is 1380. The second-order valence-corrected chi connectivity index (χ2v) is 9.70. The molecule has 10 heteroatoms. The molecule has 1 atom stereocenters. The minimum Gasteiger partial charge on any atom is -0.495 e. The summed E-state index contributed by atoms with van der Waals surface area (Å²) in [6.07, 6.45) is 3.84. The maximum absolute atomic E-state index is 12.9. The number of aromatic nitrogens is 4. The fourth-order valence-electron chi connectivity index (χ4n) is 4.65. The van der Waals surface area contributed by atoms with Crippen molar-refractivity contribution in [1.82, 2.24) is 19.3 Å². The van der Waals surface area contributed by atoms with E-state index < -0.39 is 6.10 Å². The second kappa shape index (κ2) is 11.7. The van der Waals surface area contributed by atoms with Crippen LogP contribution in [-0.4, -0.2) is 57.7 Å². The third-order valence-electron chi connectivity index (χ3n) is 6.89. The minimum absolute atomic E-state index is 0.195. The van der Waals surface area contributed by atoms with E-state index in [1.165, 1.54) is 4.68 Å². The van der Waals surface area contributed by atoms with E-state index in [1.54, 1.807) is 36.3 Å². The van der Waals surface area contributed by atoms with Gasteiger partial charge in [-0.15, -0.1) is 0 Å². The number of hydrogen-bond acceptors (Lipinski definition) is 7. The molecule has 1 aliphatic heterocycles. The van der Waals surface area contributed by atoms with Gasteiger partial charge in [0, 0.05) is 43.4 Å². The fraction of sp³-hybridized carbons (Fsp3) is 0.321. The number of rotatable bonds is 9. The lowest BCUT2D eigenvalue weighted by Crippen LogP contribution is -2.46. The molecule has 0 aliphatic carbocycles. The Kier molecular flexibility index (Phi) is 7.95. The lowest BCUT2D eigenvalue weighted by molar-refractivity contribution is 0.162. The predicted molar refractivity (Wildman–Crippen MR) is 149 cm³/mol. The largest absolute Gasteiger partial charge is 0.495 e. The van der Waals surface area contributed by atoms with Gasteiger partial charge in [-0.25, -0.2) is 19.0 Å². The van der Waals surface area contributed by atoms with Gasteiger partial charge in [-0.3, -0.25) is 0 Å². The number of aliphatic hydroxyl groups excluding tert-OH is 1. The molecule has 9 nitrogen and oxygen atoms in total. The van der Waals surface area contributed by atoms with Crippen molar-refractivity contribution in [1.29, 1.82) is 0 Å². The maximum Gasteiger partial charge on any atom is 0.350 e. The van der Waals surface area contributed by atoms with Crippen molar-refractivity contribution >= 4 is 23.1 Å². The first-order valence-electron chi connectivity index (χ1n) is 12.7. The van der Waals surface area contributed by atoms with E-state index in [0.717, 1.165) is 54.7 Å². The number of pyridine rings is 1. The molecule has 2 aromatic heterocycles. The van der Waals surface area contributed by atoms with Crippen molar-refractivity contribution < 1.29 is 9.84 Å². The van der Waals surface area contributed by atoms with Gasteiger partial charge >= 0.3 is 5.69 Å². The first-order valence-corrected chi connectivity index (χ1v) is 13.1. The SMILES string of the molecule is COc1ccc(N2CCN(c3ccc(-n4cnn(CCCC(O)c5ccc(Cl)cc5)c4=O)cc3)CC2)nc1. The third kappa shape index (κ3) is 5.84. The van der Waals surface area contributed by atoms with Crippen LogP contribution in [0.25, 0.3) is 5.69 Å². The second-order valence-electron chi connectivity index (χ2n) is 9.26. The van der Waals surface area contributed by atoms with E-state index >= 15 is 0 Å². The molecule has 0 radical (unpaired) electrons. The Morgan fingerprint density at radius 1 is 0.947 bits per heavy atom. The van der Waals surface area contributed by atoms with Crippen LogP contribution in [0.1, 0.15) is 24.5 Å². The van der Waals surface area contributed by atoms with Crippen molar-refractivity contribution in [3.05, 3.63) is 94.3 Å². The summed E-state index contributed by atoms with van der Waals surface area (Å²) in [5.74, 6) is 1.71. The van der Waals surface area contributed by atoms with Crippen LogP contribution in [0.15, 0.2) is 78.0 Å². The quantitative estimate of drug-likeness (QED) is 0.348. The molecule has 38 heavy (non-hydrogen) atoms. The summed E-state index contributed by atoms with van der Waals surface area (Å²) in [6, 6.07) is 19.1. The third-order valence-corrected chi connectivity index (χ3v) is 7.14. The first-order chi connectivity index (χ1) is 18.5. The summed E-state index contributed by atoms with van der Waals surface area (Å²) in [5, 5.41) is 15.3. The molecule has 198 valence electrons. The Balaban J connectivity index is 1.15. The van der Waals surface area contributed by atoms with Crippen LogP contribution in [0.4, 0.5) is 11.5 Å². The summed E-state index contributed by atoms with van der Waals surface area (Å²) >= 11 is 5.91. The highest BCUT2D eigenvalue weighted by molar-refractivity contribution is 6.30. The molecule has 2 aromatic carbocycles. The van der Waals surface area contributed by atoms with Gasteiger partial charge < -0.3 is 19.6 Å². The topological polar surface area (TPSA) is 88.6 Å². The highest BCUT2D eigenvalue weighted by Crippen LogP contribution is 2.23. The molecular weight excluding hydrogens is 504 g/mol. The van der Waals surface area contributed by atoms with Crippen molar-refractivity contribution in [3.63, 3.8) is 0 Å². The molecular formula is C28H31ClN6O3. The number of benzene rings is 2. The van der Waals surface area contributed by atoms with Crippen LogP contribution in [0, 0.1) is 0 Å². The molecule has 0 saturated carbocycles. The van der Waals surface area contributed by atoms with E-state index in [4.69, 9.17) is 16.3 Å². The van der Waals surface area contributed by atoms with Gasteiger partial charge in [0.2, 0.25) is 0 Å². The molecule has 0 amide bonds. The summed E-state index contributed by atoms with van der Waals surface area (Å²) in [5.41, 5.74) is 2.51. The summed E-state index contributed by atoms with van der Waals surface area (Å²) in [7, 11) is 1.64. The number of hydrogen-bond donors (Lipinski definition) is 1. The van der Waals surface area contributed by atoms with Gasteiger partial charge in [0.15, 0.2) is 0 Å². The van der Waals surface area contributed by atoms with Crippen LogP contribution in [0.3, 0.4) is 0 Å². The van der Waals surface area contributed by atoms with Crippen LogP contribution in [0.2, 0.25) is 5.02 Å². The monoisotopic (exact) mass is 534 g/mol. The number of methoxy groups -OCH3 is 1. The molecule has 1 fully saturated rings. The van der Waals surface area contributed by atoms with Gasteiger partial charge in [0.05, 0.1) is 25.1 Å². The Morgan fingerprint density at radius 3 is 2.29 bits per heavy atom. The van der Waals surface area contributed by atoms with Crippen molar-refractivity contribution in [2.45, 2.75) is 25.5 Å². The summed E-state index contributed by atoms with van der Waals surface area (Å²) in [6.45, 7) is 3.95. The zero-order chi connectivity index (χ0) is 26.5. The van der Waals surface area contributed by atoms with E-state index in [9.17, 15) is 9.90 Å². The van der Waals surface area contributed by atoms with Gasteiger partial charge in [0.1, 0.15) is 17.9 Å². The first kappa shape index (κ1) is 25.8. The molecule has 0 spiro atoms. The number of anilines is 2. The average Bonchev–Trinajstić information content (AvgIpc) is 3.33. The highest BCUT2D eigenvalue weighted by atomic mass is 35.5. The number of aryl methyl sites for hydroxylation is 1. The Morgan fingerprint density at radius 2 is 1.63 bits per heavy atom. The standard InChI is InChI=1S/C28H31ClN6O3/c1-38-25-12-13-27(30-19-25)33-17-15-32(16-18-33)23-8-10-24(11-9-23)34-20-31-35(28(34)37)14-2-3-26(36)21-4-6-22(29)7-5-21/h4-13,19-20,26,36H,2-3,14-18H2,1H3. The molecule has 3 heterocycles. The average molecular weight is 535 g/mol. The van der Waals surface area contributed by atoms with Gasteiger partial charge in [0.25, 0.3) is 0 Å². The molecule has 1 saturated heterocycles. The molecule has 0 bridgehead atoms. The number of halogens is 1.